The fourth-order valence-corrected chi connectivity index (χ4v) is 5.94. The molecule has 2 atom stereocenters. The SMILES string of the molecule is Cl.O=S(=O)(c1ccc(Cl)s1)N1CCC2NCCC2C1. The number of halogens is 2. The molecule has 2 fully saturated rings. The molecule has 2 unspecified atom stereocenters. The molecule has 2 aliphatic rings. The van der Waals surface area contributed by atoms with E-state index in [9.17, 15) is 8.42 Å². The number of fused-ring (bicyclic) bond motifs is 1. The minimum Gasteiger partial charge on any atom is -0.314 e. The normalized spacial score (nSPS) is 27.8. The van der Waals surface area contributed by atoms with Crippen molar-refractivity contribution in [1.29, 1.82) is 0 Å². The third-order valence-corrected chi connectivity index (χ3v) is 7.32. The molecule has 0 radical (unpaired) electrons. The quantitative estimate of drug-likeness (QED) is 0.896. The number of hydrogen-bond donors (Lipinski definition) is 1. The average Bonchev–Trinajstić information content (AvgIpc) is 2.96. The number of nitrogens with zero attached hydrogens (tertiary/aromatic N) is 1. The van der Waals surface area contributed by atoms with Gasteiger partial charge in [0.2, 0.25) is 0 Å². The molecule has 0 bridgehead atoms. The summed E-state index contributed by atoms with van der Waals surface area (Å²) in [7, 11) is -3.34. The van der Waals surface area contributed by atoms with Crippen molar-refractivity contribution in [3.05, 3.63) is 16.5 Å². The molecule has 0 amide bonds. The predicted molar refractivity (Wildman–Crippen MR) is 79.9 cm³/mol. The summed E-state index contributed by atoms with van der Waals surface area (Å²) in [6.45, 7) is 2.25. The van der Waals surface area contributed by atoms with Gasteiger partial charge in [0.15, 0.2) is 0 Å². The third-order valence-electron chi connectivity index (χ3n) is 3.76. The standard InChI is InChI=1S/C11H15ClN2O2S2.ClH/c12-10-1-2-11(17-10)18(15,16)14-6-4-9-8(7-14)3-5-13-9;/h1-2,8-9,13H,3-7H2;1H. The maximum absolute atomic E-state index is 12.4. The molecule has 2 saturated heterocycles. The number of rotatable bonds is 2. The van der Waals surface area contributed by atoms with E-state index in [0.29, 0.717) is 33.6 Å². The fourth-order valence-electron chi connectivity index (χ4n) is 2.80. The first-order valence-corrected chi connectivity index (χ1v) is 8.70. The van der Waals surface area contributed by atoms with Gasteiger partial charge in [-0.05, 0) is 37.4 Å². The van der Waals surface area contributed by atoms with Crippen LogP contribution in [-0.4, -0.2) is 38.4 Å². The molecule has 2 aliphatic heterocycles. The number of sulfonamides is 1. The number of thiophene rings is 1. The van der Waals surface area contributed by atoms with Gasteiger partial charge in [-0.1, -0.05) is 11.6 Å². The van der Waals surface area contributed by atoms with E-state index in [1.165, 1.54) is 0 Å². The summed E-state index contributed by atoms with van der Waals surface area (Å²) in [6.07, 6.45) is 1.98. The molecule has 3 heterocycles. The molecular formula is C11H16Cl2N2O2S2. The lowest BCUT2D eigenvalue weighted by Gasteiger charge is -2.33. The van der Waals surface area contributed by atoms with Crippen LogP contribution < -0.4 is 5.32 Å². The monoisotopic (exact) mass is 342 g/mol. The van der Waals surface area contributed by atoms with E-state index in [2.05, 4.69) is 5.32 Å². The van der Waals surface area contributed by atoms with Gasteiger partial charge in [-0.25, -0.2) is 8.42 Å². The topological polar surface area (TPSA) is 49.4 Å². The Kier molecular flexibility index (Phi) is 4.80. The molecule has 8 heteroatoms. The van der Waals surface area contributed by atoms with Gasteiger partial charge < -0.3 is 5.32 Å². The molecule has 0 saturated carbocycles. The van der Waals surface area contributed by atoms with Crippen LogP contribution in [0.5, 0.6) is 0 Å². The van der Waals surface area contributed by atoms with E-state index >= 15 is 0 Å². The van der Waals surface area contributed by atoms with Crippen molar-refractivity contribution >= 4 is 45.4 Å². The number of hydrogen-bond acceptors (Lipinski definition) is 4. The fraction of sp³-hybridized carbons (Fsp3) is 0.636. The zero-order valence-electron chi connectivity index (χ0n) is 10.2. The average molecular weight is 343 g/mol. The van der Waals surface area contributed by atoms with Gasteiger partial charge in [0, 0.05) is 19.1 Å². The van der Waals surface area contributed by atoms with Crippen LogP contribution in [0.4, 0.5) is 0 Å². The molecule has 0 spiro atoms. The van der Waals surface area contributed by atoms with Crippen LogP contribution in [0.15, 0.2) is 16.3 Å². The second-order valence-corrected chi connectivity index (χ2v) is 8.70. The van der Waals surface area contributed by atoms with E-state index < -0.39 is 10.0 Å². The first-order chi connectivity index (χ1) is 8.57. The minimum atomic E-state index is -3.34. The highest BCUT2D eigenvalue weighted by molar-refractivity contribution is 7.91. The highest BCUT2D eigenvalue weighted by atomic mass is 35.5. The largest absolute Gasteiger partial charge is 0.314 e. The molecule has 108 valence electrons. The summed E-state index contributed by atoms with van der Waals surface area (Å²) >= 11 is 6.95. The predicted octanol–water partition coefficient (Wildman–Crippen LogP) is 2.20. The summed E-state index contributed by atoms with van der Waals surface area (Å²) in [4.78, 5) is 0. The molecule has 1 aromatic heterocycles. The van der Waals surface area contributed by atoms with Gasteiger partial charge in [-0.15, -0.1) is 23.7 Å². The summed E-state index contributed by atoms with van der Waals surface area (Å²) in [5.41, 5.74) is 0. The third kappa shape index (κ3) is 2.94. The van der Waals surface area contributed by atoms with E-state index in [1.54, 1.807) is 16.4 Å². The maximum atomic E-state index is 12.4. The second-order valence-electron chi connectivity index (χ2n) is 4.82. The van der Waals surface area contributed by atoms with Gasteiger partial charge in [0.1, 0.15) is 4.21 Å². The Bertz CT molecular complexity index is 547. The number of nitrogens with one attached hydrogen (secondary N) is 1. The molecule has 0 aromatic carbocycles. The van der Waals surface area contributed by atoms with E-state index in [4.69, 9.17) is 11.6 Å². The van der Waals surface area contributed by atoms with Crippen LogP contribution in [0.25, 0.3) is 0 Å². The lowest BCUT2D eigenvalue weighted by atomic mass is 9.95. The molecular weight excluding hydrogens is 327 g/mol. The van der Waals surface area contributed by atoms with Crippen LogP contribution in [0, 0.1) is 5.92 Å². The van der Waals surface area contributed by atoms with E-state index in [0.717, 1.165) is 30.7 Å². The van der Waals surface area contributed by atoms with Crippen LogP contribution in [0.3, 0.4) is 0 Å². The molecule has 1 N–H and O–H groups in total. The lowest BCUT2D eigenvalue weighted by Crippen LogP contribution is -2.46. The summed E-state index contributed by atoms with van der Waals surface area (Å²) in [5.74, 6) is 0.462. The van der Waals surface area contributed by atoms with E-state index in [1.807, 2.05) is 0 Å². The van der Waals surface area contributed by atoms with Crippen LogP contribution >= 0.6 is 35.3 Å². The Morgan fingerprint density at radius 1 is 1.37 bits per heavy atom. The smallest absolute Gasteiger partial charge is 0.252 e. The molecule has 1 aromatic rings. The Labute approximate surface area is 128 Å². The van der Waals surface area contributed by atoms with Crippen LogP contribution in [0.1, 0.15) is 12.8 Å². The Balaban J connectivity index is 0.00000133. The van der Waals surface area contributed by atoms with Crippen LogP contribution in [-0.2, 0) is 10.0 Å². The van der Waals surface area contributed by atoms with Crippen molar-refractivity contribution in [3.8, 4) is 0 Å². The van der Waals surface area contributed by atoms with E-state index in [-0.39, 0.29) is 12.4 Å². The lowest BCUT2D eigenvalue weighted by molar-refractivity contribution is 0.247. The van der Waals surface area contributed by atoms with Crippen molar-refractivity contribution in [3.63, 3.8) is 0 Å². The first-order valence-electron chi connectivity index (χ1n) is 6.06. The van der Waals surface area contributed by atoms with Crippen molar-refractivity contribution < 1.29 is 8.42 Å². The van der Waals surface area contributed by atoms with Crippen molar-refractivity contribution in [1.82, 2.24) is 9.62 Å². The summed E-state index contributed by atoms with van der Waals surface area (Å²) in [6, 6.07) is 3.74. The first kappa shape index (κ1) is 15.5. The van der Waals surface area contributed by atoms with Gasteiger partial charge >= 0.3 is 0 Å². The van der Waals surface area contributed by atoms with Gasteiger partial charge in [-0.2, -0.15) is 4.31 Å². The van der Waals surface area contributed by atoms with Crippen LogP contribution in [0.2, 0.25) is 4.34 Å². The summed E-state index contributed by atoms with van der Waals surface area (Å²) < 4.78 is 27.4. The molecule has 19 heavy (non-hydrogen) atoms. The zero-order chi connectivity index (χ0) is 12.8. The van der Waals surface area contributed by atoms with Crippen molar-refractivity contribution in [2.24, 2.45) is 5.92 Å². The zero-order valence-corrected chi connectivity index (χ0v) is 13.4. The highest BCUT2D eigenvalue weighted by Gasteiger charge is 2.38. The van der Waals surface area contributed by atoms with Gasteiger partial charge in [0.05, 0.1) is 4.34 Å². The number of piperidine rings is 1. The minimum absolute atomic E-state index is 0. The Morgan fingerprint density at radius 3 is 2.84 bits per heavy atom. The maximum Gasteiger partial charge on any atom is 0.252 e. The Morgan fingerprint density at radius 2 is 2.16 bits per heavy atom. The van der Waals surface area contributed by atoms with Gasteiger partial charge in [-0.3, -0.25) is 0 Å². The van der Waals surface area contributed by atoms with Crippen molar-refractivity contribution in [2.75, 3.05) is 19.6 Å². The van der Waals surface area contributed by atoms with Gasteiger partial charge in [0.25, 0.3) is 10.0 Å². The Hall–Kier alpha value is 0.150. The van der Waals surface area contributed by atoms with Crippen molar-refractivity contribution in [2.45, 2.75) is 23.1 Å². The highest BCUT2D eigenvalue weighted by Crippen LogP contribution is 2.32. The molecule has 4 nitrogen and oxygen atoms in total. The second kappa shape index (κ2) is 5.87. The summed E-state index contributed by atoms with van der Waals surface area (Å²) in [5, 5.41) is 3.43. The molecule has 0 aliphatic carbocycles. The molecule has 3 rings (SSSR count).